The first kappa shape index (κ1) is 17.7. The zero-order valence-corrected chi connectivity index (χ0v) is 14.8. The Morgan fingerprint density at radius 3 is 2.15 bits per heavy atom. The van der Waals surface area contributed by atoms with Gasteiger partial charge >= 0.3 is 0 Å². The van der Waals surface area contributed by atoms with Gasteiger partial charge in [-0.2, -0.15) is 0 Å². The van der Waals surface area contributed by atoms with E-state index in [-0.39, 0.29) is 5.54 Å². The topological polar surface area (TPSA) is 27.3 Å². The van der Waals surface area contributed by atoms with Gasteiger partial charge in [0.05, 0.1) is 0 Å². The van der Waals surface area contributed by atoms with E-state index < -0.39 is 0 Å². The minimum Gasteiger partial charge on any atom is -0.358 e. The molecule has 20 heavy (non-hydrogen) atoms. The quantitative estimate of drug-likeness (QED) is 0.736. The molecule has 0 aliphatic heterocycles. The number of hydrogen-bond donors (Lipinski definition) is 2. The number of thiocarbonyl (C=S) groups is 1. The van der Waals surface area contributed by atoms with Crippen molar-refractivity contribution in [2.24, 2.45) is 0 Å². The molecule has 2 atom stereocenters. The second-order valence-corrected chi connectivity index (χ2v) is 6.77. The first-order chi connectivity index (χ1) is 9.48. The van der Waals surface area contributed by atoms with E-state index in [9.17, 15) is 0 Å². The molecule has 0 unspecified atom stereocenters. The van der Waals surface area contributed by atoms with E-state index in [1.165, 1.54) is 25.7 Å². The van der Waals surface area contributed by atoms with E-state index in [1.54, 1.807) is 0 Å². The summed E-state index contributed by atoms with van der Waals surface area (Å²) in [5, 5.41) is 8.02. The molecule has 0 radical (unpaired) electrons. The molecule has 2 N–H and O–H groups in total. The molecule has 1 saturated carbocycles. The molecule has 3 nitrogen and oxygen atoms in total. The van der Waals surface area contributed by atoms with Gasteiger partial charge in [-0.3, -0.25) is 0 Å². The van der Waals surface area contributed by atoms with Crippen LogP contribution in [0.1, 0.15) is 65.7 Å². The van der Waals surface area contributed by atoms with Crippen LogP contribution in [0.4, 0.5) is 0 Å². The number of hydrogen-bond acceptors (Lipinski definition) is 2. The van der Waals surface area contributed by atoms with Crippen molar-refractivity contribution in [3.05, 3.63) is 0 Å². The van der Waals surface area contributed by atoms with Crippen molar-refractivity contribution >= 4 is 17.3 Å². The standard InChI is InChI=1S/C16H33N3S/c1-6-16(7-2,8-3)18-15(20)17-13-11-9-10-12-14(13)19(4)5/h13-14H,6-12H2,1-5H3,(H2,17,18,20)/t13-,14-/m0/s1. The van der Waals surface area contributed by atoms with Gasteiger partial charge in [0, 0.05) is 17.6 Å². The summed E-state index contributed by atoms with van der Waals surface area (Å²) in [6.07, 6.45) is 8.49. The molecule has 0 aromatic carbocycles. The first-order valence-corrected chi connectivity index (χ1v) is 8.64. The maximum Gasteiger partial charge on any atom is 0.166 e. The fourth-order valence-electron chi connectivity index (χ4n) is 3.36. The predicted octanol–water partition coefficient (Wildman–Crippen LogP) is 3.29. The normalized spacial score (nSPS) is 23.7. The van der Waals surface area contributed by atoms with Crippen LogP contribution in [-0.2, 0) is 0 Å². The zero-order chi connectivity index (χ0) is 15.2. The molecule has 1 aliphatic rings. The van der Waals surface area contributed by atoms with E-state index in [0.717, 1.165) is 24.4 Å². The summed E-state index contributed by atoms with van der Waals surface area (Å²) in [6, 6.07) is 1.09. The third-order valence-corrected chi connectivity index (χ3v) is 5.34. The molecule has 0 aromatic heterocycles. The van der Waals surface area contributed by atoms with Gasteiger partial charge in [0.1, 0.15) is 0 Å². The van der Waals surface area contributed by atoms with Crippen LogP contribution in [-0.4, -0.2) is 41.7 Å². The molecular weight excluding hydrogens is 266 g/mol. The summed E-state index contributed by atoms with van der Waals surface area (Å²) < 4.78 is 0. The highest BCUT2D eigenvalue weighted by Gasteiger charge is 2.29. The Kier molecular flexibility index (Phi) is 7.24. The van der Waals surface area contributed by atoms with Crippen LogP contribution >= 0.6 is 12.2 Å². The minimum atomic E-state index is 0.159. The molecule has 4 heteroatoms. The van der Waals surface area contributed by atoms with Crippen LogP contribution in [0.25, 0.3) is 0 Å². The largest absolute Gasteiger partial charge is 0.358 e. The molecule has 0 amide bonds. The Morgan fingerprint density at radius 2 is 1.65 bits per heavy atom. The average Bonchev–Trinajstić information content (AvgIpc) is 2.45. The molecular formula is C16H33N3S. The Labute approximate surface area is 130 Å². The van der Waals surface area contributed by atoms with Gasteiger partial charge in [0.25, 0.3) is 0 Å². The van der Waals surface area contributed by atoms with E-state index in [4.69, 9.17) is 12.2 Å². The third kappa shape index (κ3) is 4.59. The monoisotopic (exact) mass is 299 g/mol. The molecule has 1 fully saturated rings. The van der Waals surface area contributed by atoms with Crippen molar-refractivity contribution in [3.8, 4) is 0 Å². The van der Waals surface area contributed by atoms with Crippen LogP contribution in [0.15, 0.2) is 0 Å². The lowest BCUT2D eigenvalue weighted by Crippen LogP contribution is -2.57. The lowest BCUT2D eigenvalue weighted by molar-refractivity contribution is 0.188. The minimum absolute atomic E-state index is 0.159. The fourth-order valence-corrected chi connectivity index (χ4v) is 3.73. The highest BCUT2D eigenvalue weighted by atomic mass is 32.1. The molecule has 0 saturated heterocycles. The van der Waals surface area contributed by atoms with E-state index in [1.807, 2.05) is 0 Å². The second-order valence-electron chi connectivity index (χ2n) is 6.36. The van der Waals surface area contributed by atoms with Crippen LogP contribution in [0, 0.1) is 0 Å². The summed E-state index contributed by atoms with van der Waals surface area (Å²) in [5.41, 5.74) is 0.159. The third-order valence-electron chi connectivity index (χ3n) is 5.12. The molecule has 1 rings (SSSR count). The van der Waals surface area contributed by atoms with Crippen LogP contribution < -0.4 is 10.6 Å². The van der Waals surface area contributed by atoms with Crippen LogP contribution in [0.2, 0.25) is 0 Å². The second kappa shape index (κ2) is 8.18. The fraction of sp³-hybridized carbons (Fsp3) is 0.938. The lowest BCUT2D eigenvalue weighted by atomic mass is 9.89. The molecule has 0 aromatic rings. The maximum absolute atomic E-state index is 5.58. The molecule has 1 aliphatic carbocycles. The van der Waals surface area contributed by atoms with Crippen molar-refractivity contribution in [1.82, 2.24) is 15.5 Å². The number of likely N-dealkylation sites (N-methyl/N-ethyl adjacent to an activating group) is 1. The van der Waals surface area contributed by atoms with Crippen LogP contribution in [0.3, 0.4) is 0 Å². The van der Waals surface area contributed by atoms with Crippen molar-refractivity contribution < 1.29 is 0 Å². The van der Waals surface area contributed by atoms with Crippen molar-refractivity contribution in [2.45, 2.75) is 83.3 Å². The molecule has 0 heterocycles. The summed E-state index contributed by atoms with van der Waals surface area (Å²) in [4.78, 5) is 2.34. The van der Waals surface area contributed by atoms with Crippen molar-refractivity contribution in [3.63, 3.8) is 0 Å². The summed E-state index contributed by atoms with van der Waals surface area (Å²) in [6.45, 7) is 6.73. The lowest BCUT2D eigenvalue weighted by Gasteiger charge is -2.39. The first-order valence-electron chi connectivity index (χ1n) is 8.23. The maximum atomic E-state index is 5.58. The van der Waals surface area contributed by atoms with Gasteiger partial charge in [0.2, 0.25) is 0 Å². The van der Waals surface area contributed by atoms with Gasteiger partial charge in [0.15, 0.2) is 5.11 Å². The molecule has 118 valence electrons. The predicted molar refractivity (Wildman–Crippen MR) is 92.2 cm³/mol. The van der Waals surface area contributed by atoms with Gasteiger partial charge in [-0.05, 0) is 58.4 Å². The molecule has 0 bridgehead atoms. The summed E-state index contributed by atoms with van der Waals surface area (Å²) in [7, 11) is 4.35. The Hall–Kier alpha value is -0.350. The van der Waals surface area contributed by atoms with Gasteiger partial charge in [-0.15, -0.1) is 0 Å². The van der Waals surface area contributed by atoms with Crippen molar-refractivity contribution in [1.29, 1.82) is 0 Å². The van der Waals surface area contributed by atoms with E-state index >= 15 is 0 Å². The van der Waals surface area contributed by atoms with E-state index in [0.29, 0.717) is 12.1 Å². The number of rotatable bonds is 6. The highest BCUT2D eigenvalue weighted by Crippen LogP contribution is 2.23. The Balaban J connectivity index is 2.60. The smallest absolute Gasteiger partial charge is 0.166 e. The molecule has 0 spiro atoms. The summed E-state index contributed by atoms with van der Waals surface area (Å²) >= 11 is 5.58. The SMILES string of the molecule is CCC(CC)(CC)NC(=S)N[C@H]1CCCC[C@@H]1N(C)C. The average molecular weight is 300 g/mol. The number of nitrogens with one attached hydrogen (secondary N) is 2. The van der Waals surface area contributed by atoms with Gasteiger partial charge < -0.3 is 15.5 Å². The van der Waals surface area contributed by atoms with Crippen molar-refractivity contribution in [2.75, 3.05) is 14.1 Å². The van der Waals surface area contributed by atoms with Gasteiger partial charge in [-0.25, -0.2) is 0 Å². The van der Waals surface area contributed by atoms with Crippen LogP contribution in [0.5, 0.6) is 0 Å². The Morgan fingerprint density at radius 1 is 1.10 bits per heavy atom. The number of nitrogens with zero attached hydrogens (tertiary/aromatic N) is 1. The van der Waals surface area contributed by atoms with Gasteiger partial charge in [-0.1, -0.05) is 33.6 Å². The summed E-state index contributed by atoms with van der Waals surface area (Å²) in [5.74, 6) is 0. The van der Waals surface area contributed by atoms with E-state index in [2.05, 4.69) is 50.4 Å². The highest BCUT2D eigenvalue weighted by molar-refractivity contribution is 7.80. The zero-order valence-electron chi connectivity index (χ0n) is 14.0. The Bertz CT molecular complexity index is 292.